The molecule has 12 heavy (non-hydrogen) atoms. The van der Waals surface area contributed by atoms with Crippen molar-refractivity contribution in [3.63, 3.8) is 0 Å². The van der Waals surface area contributed by atoms with E-state index in [-0.39, 0.29) is 0 Å². The summed E-state index contributed by atoms with van der Waals surface area (Å²) in [6.07, 6.45) is 2.11. The van der Waals surface area contributed by atoms with Gasteiger partial charge in [-0.25, -0.2) is 0 Å². The van der Waals surface area contributed by atoms with Crippen LogP contribution < -0.4 is 0 Å². The summed E-state index contributed by atoms with van der Waals surface area (Å²) in [6.45, 7) is 4.23. The van der Waals surface area contributed by atoms with Gasteiger partial charge in [-0.2, -0.15) is 0 Å². The van der Waals surface area contributed by atoms with E-state index < -0.39 is 0 Å². The first kappa shape index (κ1) is 9.88. The molecule has 0 aliphatic heterocycles. The quantitative estimate of drug-likeness (QED) is 0.674. The van der Waals surface area contributed by atoms with Gasteiger partial charge in [-0.3, -0.25) is 0 Å². The monoisotopic (exact) mass is 201 g/mol. The molecule has 0 unspecified atom stereocenters. The van der Waals surface area contributed by atoms with Crippen molar-refractivity contribution >= 4 is 23.2 Å². The van der Waals surface area contributed by atoms with Crippen LogP contribution in [0.2, 0.25) is 10.0 Å². The van der Waals surface area contributed by atoms with Gasteiger partial charge in [-0.05, 0) is 30.0 Å². The fraction of sp³-hybridized carbons (Fsp3) is 0.300. The molecule has 0 aliphatic rings. The number of hydrogen-bond acceptors (Lipinski definition) is 0. The Balaban J connectivity index is 2.86. The van der Waals surface area contributed by atoms with E-state index >= 15 is 0 Å². The third-order valence-electron chi connectivity index (χ3n) is 1.48. The summed E-state index contributed by atoms with van der Waals surface area (Å²) in [7, 11) is 0. The highest BCUT2D eigenvalue weighted by molar-refractivity contribution is 6.35. The predicted molar refractivity (Wildman–Crippen MR) is 54.7 cm³/mol. The second kappa shape index (κ2) is 4.15. The Morgan fingerprint density at radius 3 is 2.42 bits per heavy atom. The Labute approximate surface area is 83.5 Å². The van der Waals surface area contributed by atoms with Crippen LogP contribution in [0.15, 0.2) is 18.2 Å². The standard InChI is InChI=1S/C10H11Cl2/c1-7(2)5-8-3-4-9(11)6-10(8)12/h3-7H,1-2H3. The minimum atomic E-state index is 0.503. The molecule has 0 saturated carbocycles. The van der Waals surface area contributed by atoms with Crippen LogP contribution in [0.5, 0.6) is 0 Å². The Morgan fingerprint density at radius 2 is 1.92 bits per heavy atom. The van der Waals surface area contributed by atoms with Crippen molar-refractivity contribution in [2.75, 3.05) is 0 Å². The fourth-order valence-electron chi connectivity index (χ4n) is 0.996. The summed E-state index contributed by atoms with van der Waals surface area (Å²) in [5.41, 5.74) is 1.05. The zero-order valence-electron chi connectivity index (χ0n) is 7.14. The lowest BCUT2D eigenvalue weighted by Crippen LogP contribution is -1.91. The molecule has 2 heteroatoms. The third-order valence-corrected chi connectivity index (χ3v) is 2.04. The van der Waals surface area contributed by atoms with Crippen molar-refractivity contribution in [2.45, 2.75) is 13.8 Å². The molecular weight excluding hydrogens is 191 g/mol. The molecule has 0 atom stereocenters. The van der Waals surface area contributed by atoms with E-state index in [1.807, 2.05) is 12.1 Å². The molecule has 0 heterocycles. The highest BCUT2D eigenvalue weighted by atomic mass is 35.5. The van der Waals surface area contributed by atoms with E-state index in [1.165, 1.54) is 0 Å². The van der Waals surface area contributed by atoms with Crippen LogP contribution >= 0.6 is 23.2 Å². The van der Waals surface area contributed by atoms with Gasteiger partial charge >= 0.3 is 0 Å². The van der Waals surface area contributed by atoms with Gasteiger partial charge in [-0.1, -0.05) is 43.1 Å². The molecule has 0 nitrogen and oxygen atoms in total. The number of benzene rings is 1. The van der Waals surface area contributed by atoms with Crippen LogP contribution in [0.1, 0.15) is 19.4 Å². The molecule has 0 aromatic heterocycles. The van der Waals surface area contributed by atoms with Crippen LogP contribution in [-0.4, -0.2) is 0 Å². The van der Waals surface area contributed by atoms with Gasteiger partial charge in [0.05, 0.1) is 0 Å². The smallest absolute Gasteiger partial charge is 0.0455 e. The van der Waals surface area contributed by atoms with Crippen LogP contribution in [0, 0.1) is 12.3 Å². The topological polar surface area (TPSA) is 0 Å². The van der Waals surface area contributed by atoms with Gasteiger partial charge in [0.15, 0.2) is 0 Å². The largest absolute Gasteiger partial charge is 0.0843 e. The second-order valence-corrected chi connectivity index (χ2v) is 3.92. The first-order valence-electron chi connectivity index (χ1n) is 3.89. The first-order chi connectivity index (χ1) is 5.59. The lowest BCUT2D eigenvalue weighted by atomic mass is 10.0. The van der Waals surface area contributed by atoms with Crippen LogP contribution in [-0.2, 0) is 0 Å². The molecule has 0 bridgehead atoms. The molecule has 1 radical (unpaired) electrons. The SMILES string of the molecule is CC(C)[CH]c1ccc(Cl)cc1Cl. The fourth-order valence-corrected chi connectivity index (χ4v) is 1.47. The van der Waals surface area contributed by atoms with E-state index in [0.717, 1.165) is 10.6 Å². The highest BCUT2D eigenvalue weighted by Gasteiger charge is 2.03. The van der Waals surface area contributed by atoms with Crippen molar-refractivity contribution < 1.29 is 0 Å². The van der Waals surface area contributed by atoms with E-state index in [4.69, 9.17) is 23.2 Å². The van der Waals surface area contributed by atoms with Crippen molar-refractivity contribution in [1.29, 1.82) is 0 Å². The molecule has 0 saturated heterocycles. The van der Waals surface area contributed by atoms with E-state index in [9.17, 15) is 0 Å². The molecule has 1 aromatic carbocycles. The lowest BCUT2D eigenvalue weighted by Gasteiger charge is -2.06. The summed E-state index contributed by atoms with van der Waals surface area (Å²) < 4.78 is 0. The van der Waals surface area contributed by atoms with E-state index in [2.05, 4.69) is 20.3 Å². The maximum absolute atomic E-state index is 5.96. The predicted octanol–water partition coefficient (Wildman–Crippen LogP) is 4.20. The molecule has 1 aromatic rings. The van der Waals surface area contributed by atoms with Crippen LogP contribution in [0.3, 0.4) is 0 Å². The summed E-state index contributed by atoms with van der Waals surface area (Å²) in [4.78, 5) is 0. The molecule has 1 rings (SSSR count). The molecule has 0 spiro atoms. The Kier molecular flexibility index (Phi) is 3.42. The average Bonchev–Trinajstić information content (AvgIpc) is 1.94. The Hall–Kier alpha value is -0.200. The van der Waals surface area contributed by atoms with Gasteiger partial charge in [0.2, 0.25) is 0 Å². The summed E-state index contributed by atoms with van der Waals surface area (Å²) >= 11 is 11.7. The second-order valence-electron chi connectivity index (χ2n) is 3.08. The Bertz CT molecular complexity index is 267. The average molecular weight is 202 g/mol. The van der Waals surface area contributed by atoms with Gasteiger partial charge in [0.1, 0.15) is 0 Å². The number of rotatable bonds is 2. The van der Waals surface area contributed by atoms with E-state index in [0.29, 0.717) is 10.9 Å². The van der Waals surface area contributed by atoms with Gasteiger partial charge in [-0.15, -0.1) is 0 Å². The van der Waals surface area contributed by atoms with Gasteiger partial charge in [0, 0.05) is 10.0 Å². The summed E-state index contributed by atoms with van der Waals surface area (Å²) in [5.74, 6) is 0.503. The van der Waals surface area contributed by atoms with Gasteiger partial charge in [0.25, 0.3) is 0 Å². The molecule has 0 aliphatic carbocycles. The van der Waals surface area contributed by atoms with Crippen molar-refractivity contribution in [2.24, 2.45) is 5.92 Å². The normalized spacial score (nSPS) is 10.8. The third kappa shape index (κ3) is 2.69. The minimum absolute atomic E-state index is 0.503. The lowest BCUT2D eigenvalue weighted by molar-refractivity contribution is 0.776. The van der Waals surface area contributed by atoms with Crippen LogP contribution in [0.4, 0.5) is 0 Å². The first-order valence-corrected chi connectivity index (χ1v) is 4.65. The molecule has 0 N–H and O–H groups in total. The maximum atomic E-state index is 5.96. The molecular formula is C10H11Cl2. The molecule has 0 amide bonds. The molecule has 65 valence electrons. The van der Waals surface area contributed by atoms with Crippen molar-refractivity contribution in [3.8, 4) is 0 Å². The Morgan fingerprint density at radius 1 is 1.25 bits per heavy atom. The minimum Gasteiger partial charge on any atom is -0.0843 e. The van der Waals surface area contributed by atoms with Gasteiger partial charge < -0.3 is 0 Å². The van der Waals surface area contributed by atoms with E-state index in [1.54, 1.807) is 6.07 Å². The number of hydrogen-bond donors (Lipinski definition) is 0. The van der Waals surface area contributed by atoms with Crippen molar-refractivity contribution in [3.05, 3.63) is 40.2 Å². The molecule has 0 fully saturated rings. The van der Waals surface area contributed by atoms with Crippen molar-refractivity contribution in [1.82, 2.24) is 0 Å². The zero-order chi connectivity index (χ0) is 9.14. The number of halogens is 2. The highest BCUT2D eigenvalue weighted by Crippen LogP contribution is 2.24. The summed E-state index contributed by atoms with van der Waals surface area (Å²) in [6, 6.07) is 5.55. The zero-order valence-corrected chi connectivity index (χ0v) is 8.65. The summed E-state index contributed by atoms with van der Waals surface area (Å²) in [5, 5.41) is 1.40. The van der Waals surface area contributed by atoms with Crippen LogP contribution in [0.25, 0.3) is 0 Å². The maximum Gasteiger partial charge on any atom is 0.0455 e.